The Labute approximate surface area is 203 Å². The minimum atomic E-state index is -0.141. The molecule has 0 atom stereocenters. The van der Waals surface area contributed by atoms with Crippen LogP contribution in [-0.2, 0) is 4.79 Å². The van der Waals surface area contributed by atoms with E-state index in [0.717, 1.165) is 47.7 Å². The van der Waals surface area contributed by atoms with Crippen LogP contribution in [0.25, 0.3) is 27.6 Å². The van der Waals surface area contributed by atoms with Crippen molar-refractivity contribution in [2.75, 3.05) is 31.1 Å². The van der Waals surface area contributed by atoms with Gasteiger partial charge in [-0.05, 0) is 75.6 Å². The predicted molar refractivity (Wildman–Crippen MR) is 144 cm³/mol. The molecule has 0 aromatic heterocycles. The molecule has 1 amide bonds. The number of anilines is 1. The summed E-state index contributed by atoms with van der Waals surface area (Å²) in [4.78, 5) is 22.7. The van der Waals surface area contributed by atoms with E-state index in [2.05, 4.69) is 101 Å². The second kappa shape index (κ2) is 8.65. The number of thioether (sulfide) groups is 1. The van der Waals surface area contributed by atoms with Crippen molar-refractivity contribution in [3.05, 3.63) is 94.9 Å². The first-order chi connectivity index (χ1) is 16.7. The van der Waals surface area contributed by atoms with Crippen LogP contribution in [0.15, 0.2) is 88.8 Å². The molecule has 6 rings (SSSR count). The molecule has 0 N–H and O–H groups in total. The minimum absolute atomic E-state index is 0.141. The number of fused-ring (bicyclic) bond motifs is 2. The number of nitrogens with zero attached hydrogens (tertiary/aromatic N) is 3. The normalized spacial score (nSPS) is 17.7. The average Bonchev–Trinajstić information content (AvgIpc) is 3.24. The maximum absolute atomic E-state index is 12.9. The number of aryl methyl sites for hydroxylation is 1. The molecule has 0 aliphatic carbocycles. The molecule has 168 valence electrons. The van der Waals surface area contributed by atoms with Crippen LogP contribution in [-0.4, -0.2) is 42.2 Å². The quantitative estimate of drug-likeness (QED) is 0.266. The van der Waals surface area contributed by atoms with Crippen molar-refractivity contribution in [3.63, 3.8) is 0 Å². The van der Waals surface area contributed by atoms with Gasteiger partial charge in [-0.1, -0.05) is 60.7 Å². The van der Waals surface area contributed by atoms with Gasteiger partial charge in [0, 0.05) is 31.9 Å². The topological polar surface area (TPSA) is 35.9 Å². The largest absolute Gasteiger partial charge is 0.368 e. The van der Waals surface area contributed by atoms with Gasteiger partial charge in [0.2, 0.25) is 0 Å². The second-order valence-electron chi connectivity index (χ2n) is 8.86. The summed E-state index contributed by atoms with van der Waals surface area (Å²) in [6.07, 6.45) is 2.04. The number of piperazine rings is 1. The Morgan fingerprint density at radius 3 is 2.12 bits per heavy atom. The van der Waals surface area contributed by atoms with Crippen LogP contribution in [0.4, 0.5) is 5.69 Å². The van der Waals surface area contributed by atoms with Gasteiger partial charge in [0.15, 0.2) is 5.17 Å². The van der Waals surface area contributed by atoms with Gasteiger partial charge in [0.25, 0.3) is 5.91 Å². The highest BCUT2D eigenvalue weighted by Gasteiger charge is 2.29. The lowest BCUT2D eigenvalue weighted by atomic mass is 9.96. The lowest BCUT2D eigenvalue weighted by molar-refractivity contribution is -0.113. The molecule has 0 bridgehead atoms. The maximum Gasteiger partial charge on any atom is 0.286 e. The zero-order chi connectivity index (χ0) is 23.1. The summed E-state index contributed by atoms with van der Waals surface area (Å²) in [5, 5.41) is 5.49. The van der Waals surface area contributed by atoms with Gasteiger partial charge in [-0.25, -0.2) is 0 Å². The third-order valence-electron chi connectivity index (χ3n) is 6.61. The van der Waals surface area contributed by atoms with Crippen molar-refractivity contribution < 1.29 is 4.79 Å². The van der Waals surface area contributed by atoms with E-state index in [1.807, 2.05) is 6.08 Å². The van der Waals surface area contributed by atoms with E-state index in [4.69, 9.17) is 0 Å². The number of aliphatic imine (C=N–C) groups is 1. The zero-order valence-corrected chi connectivity index (χ0v) is 19.9. The Balaban J connectivity index is 1.26. The summed E-state index contributed by atoms with van der Waals surface area (Å²) in [6.45, 7) is 5.69. The predicted octanol–water partition coefficient (Wildman–Crippen LogP) is 6.09. The standard InChI is InChI=1S/C29H25N3OS/c1-20-7-6-10-23(17-20)31-13-15-32(16-14-31)29-30-28(33)27(34-29)19-26-24-11-4-2-8-21(24)18-22-9-3-5-12-25(22)26/h2-12,17-19H,13-16H2,1H3/b27-19-. The Morgan fingerprint density at radius 2 is 1.44 bits per heavy atom. The molecular weight excluding hydrogens is 438 g/mol. The molecule has 2 heterocycles. The van der Waals surface area contributed by atoms with Crippen molar-refractivity contribution in [2.24, 2.45) is 4.99 Å². The number of rotatable bonds is 2. The number of hydrogen-bond acceptors (Lipinski definition) is 4. The first-order valence-electron chi connectivity index (χ1n) is 11.7. The first-order valence-corrected chi connectivity index (χ1v) is 12.5. The Morgan fingerprint density at radius 1 is 0.794 bits per heavy atom. The minimum Gasteiger partial charge on any atom is -0.368 e. The second-order valence-corrected chi connectivity index (χ2v) is 9.86. The number of amidine groups is 1. The fourth-order valence-electron chi connectivity index (χ4n) is 4.85. The van der Waals surface area contributed by atoms with Crippen molar-refractivity contribution >= 4 is 56.1 Å². The SMILES string of the molecule is Cc1cccc(N2CCN(C3=NC(=O)/C(=C/c4c5ccccc5cc5ccccc45)S3)CC2)c1. The van der Waals surface area contributed by atoms with Gasteiger partial charge in [-0.15, -0.1) is 0 Å². The van der Waals surface area contributed by atoms with Crippen LogP contribution in [0.3, 0.4) is 0 Å². The summed E-state index contributed by atoms with van der Waals surface area (Å²) in [6, 6.07) is 27.6. The van der Waals surface area contributed by atoms with E-state index >= 15 is 0 Å². The molecule has 4 nitrogen and oxygen atoms in total. The molecule has 1 fully saturated rings. The summed E-state index contributed by atoms with van der Waals surface area (Å²) < 4.78 is 0. The number of carbonyl (C=O) groups is 1. The van der Waals surface area contributed by atoms with E-state index in [9.17, 15) is 4.79 Å². The van der Waals surface area contributed by atoms with Crippen LogP contribution in [0.2, 0.25) is 0 Å². The van der Waals surface area contributed by atoms with E-state index in [-0.39, 0.29) is 5.91 Å². The lowest BCUT2D eigenvalue weighted by Crippen LogP contribution is -2.47. The van der Waals surface area contributed by atoms with Crippen LogP contribution in [0.5, 0.6) is 0 Å². The highest BCUT2D eigenvalue weighted by Crippen LogP contribution is 2.35. The summed E-state index contributed by atoms with van der Waals surface area (Å²) >= 11 is 1.51. The van der Waals surface area contributed by atoms with Crippen LogP contribution >= 0.6 is 11.8 Å². The summed E-state index contributed by atoms with van der Waals surface area (Å²) in [5.74, 6) is -0.141. The Bertz CT molecular complexity index is 1430. The van der Waals surface area contributed by atoms with Gasteiger partial charge >= 0.3 is 0 Å². The summed E-state index contributed by atoms with van der Waals surface area (Å²) in [7, 11) is 0. The molecule has 1 saturated heterocycles. The highest BCUT2D eigenvalue weighted by atomic mass is 32.2. The molecule has 2 aliphatic heterocycles. The Hall–Kier alpha value is -3.57. The number of hydrogen-bond donors (Lipinski definition) is 0. The molecule has 0 unspecified atom stereocenters. The summed E-state index contributed by atoms with van der Waals surface area (Å²) in [5.41, 5.74) is 3.63. The lowest BCUT2D eigenvalue weighted by Gasteiger charge is -2.36. The van der Waals surface area contributed by atoms with Gasteiger partial charge in [-0.2, -0.15) is 4.99 Å². The van der Waals surface area contributed by atoms with Crippen molar-refractivity contribution in [1.29, 1.82) is 0 Å². The van der Waals surface area contributed by atoms with Crippen molar-refractivity contribution in [3.8, 4) is 0 Å². The van der Waals surface area contributed by atoms with E-state index < -0.39 is 0 Å². The van der Waals surface area contributed by atoms with Gasteiger partial charge in [0.1, 0.15) is 0 Å². The number of carbonyl (C=O) groups excluding carboxylic acids is 1. The highest BCUT2D eigenvalue weighted by molar-refractivity contribution is 8.18. The fourth-order valence-corrected chi connectivity index (χ4v) is 5.80. The van der Waals surface area contributed by atoms with Gasteiger partial charge in [-0.3, -0.25) is 4.79 Å². The first kappa shape index (κ1) is 21.0. The monoisotopic (exact) mass is 463 g/mol. The molecule has 0 saturated carbocycles. The van der Waals surface area contributed by atoms with Crippen LogP contribution < -0.4 is 4.90 Å². The van der Waals surface area contributed by atoms with E-state index in [0.29, 0.717) is 4.91 Å². The zero-order valence-electron chi connectivity index (χ0n) is 19.1. The van der Waals surface area contributed by atoms with Gasteiger partial charge < -0.3 is 9.80 Å². The molecule has 4 aromatic rings. The smallest absolute Gasteiger partial charge is 0.286 e. The van der Waals surface area contributed by atoms with Crippen molar-refractivity contribution in [2.45, 2.75) is 6.92 Å². The molecule has 34 heavy (non-hydrogen) atoms. The molecule has 5 heteroatoms. The Kier molecular flexibility index (Phi) is 5.34. The fraction of sp³-hybridized carbons (Fsp3) is 0.172. The maximum atomic E-state index is 12.9. The van der Waals surface area contributed by atoms with E-state index in [1.165, 1.54) is 33.8 Å². The molecule has 4 aromatic carbocycles. The molecule has 2 aliphatic rings. The molecule has 0 spiro atoms. The van der Waals surface area contributed by atoms with E-state index in [1.54, 1.807) is 0 Å². The number of amides is 1. The van der Waals surface area contributed by atoms with Crippen molar-refractivity contribution in [1.82, 2.24) is 4.90 Å². The number of benzene rings is 4. The van der Waals surface area contributed by atoms with Gasteiger partial charge in [0.05, 0.1) is 4.91 Å². The molecule has 0 radical (unpaired) electrons. The van der Waals surface area contributed by atoms with Crippen LogP contribution in [0, 0.1) is 6.92 Å². The molecular formula is C29H25N3OS. The average molecular weight is 464 g/mol. The third kappa shape index (κ3) is 3.86. The van der Waals surface area contributed by atoms with Crippen LogP contribution in [0.1, 0.15) is 11.1 Å². The third-order valence-corrected chi connectivity index (χ3v) is 7.66.